The molecule has 198 valence electrons. The second kappa shape index (κ2) is 8.25. The summed E-state index contributed by atoms with van der Waals surface area (Å²) in [7, 11) is 0. The standard InChI is InChI=1S/C27H36O9/c1-13-8-21-25(32,23(13)31)10-18(11-34-15(3)28)9-19-22-24(6,7)27(22,36-17(5)30)20(12-35-16(4)29)14(2)26(19,21)33/h8-9,14,19-22,32-33H,10-12H2,1-7H3/t14-,19+,20-,21-,22-,25-,26-,27+/m1/s1. The molecule has 4 rings (SSSR count). The Labute approximate surface area is 210 Å². The van der Waals surface area contributed by atoms with E-state index in [4.69, 9.17) is 14.2 Å². The van der Waals surface area contributed by atoms with Gasteiger partial charge in [-0.15, -0.1) is 0 Å². The molecule has 0 radical (unpaired) electrons. The van der Waals surface area contributed by atoms with E-state index in [1.807, 2.05) is 13.8 Å². The highest BCUT2D eigenvalue weighted by Gasteiger charge is 2.86. The second-order valence-electron chi connectivity index (χ2n) is 11.6. The lowest BCUT2D eigenvalue weighted by atomic mass is 9.56. The number of rotatable bonds is 5. The lowest BCUT2D eigenvalue weighted by molar-refractivity contribution is -0.210. The third-order valence-corrected chi connectivity index (χ3v) is 9.27. The molecule has 0 spiro atoms. The first-order chi connectivity index (χ1) is 16.5. The van der Waals surface area contributed by atoms with Crippen LogP contribution in [0.25, 0.3) is 0 Å². The van der Waals surface area contributed by atoms with Crippen molar-refractivity contribution in [3.63, 3.8) is 0 Å². The molecule has 0 aliphatic heterocycles. The Bertz CT molecular complexity index is 1090. The molecule has 0 amide bonds. The smallest absolute Gasteiger partial charge is 0.303 e. The maximum atomic E-state index is 13.2. The molecule has 4 aliphatic carbocycles. The van der Waals surface area contributed by atoms with Crippen molar-refractivity contribution in [1.29, 1.82) is 0 Å². The molecule has 2 N–H and O–H groups in total. The Kier molecular flexibility index (Phi) is 6.08. The fourth-order valence-electron chi connectivity index (χ4n) is 7.79. The average Bonchev–Trinajstić information content (AvgIpc) is 3.17. The maximum Gasteiger partial charge on any atom is 0.303 e. The predicted octanol–water partition coefficient (Wildman–Crippen LogP) is 1.89. The van der Waals surface area contributed by atoms with E-state index >= 15 is 0 Å². The van der Waals surface area contributed by atoms with Crippen molar-refractivity contribution in [2.75, 3.05) is 13.2 Å². The molecule has 0 saturated heterocycles. The van der Waals surface area contributed by atoms with Gasteiger partial charge in [0.25, 0.3) is 0 Å². The van der Waals surface area contributed by atoms with Crippen LogP contribution in [0.2, 0.25) is 0 Å². The van der Waals surface area contributed by atoms with Crippen LogP contribution in [-0.4, -0.2) is 63.9 Å². The number of carbonyl (C=O) groups is 4. The number of fused-ring (bicyclic) bond motifs is 5. The van der Waals surface area contributed by atoms with E-state index in [-0.39, 0.29) is 19.6 Å². The molecule has 0 aromatic heterocycles. The second-order valence-corrected chi connectivity index (χ2v) is 11.6. The first-order valence-corrected chi connectivity index (χ1v) is 12.4. The highest BCUT2D eigenvalue weighted by molar-refractivity contribution is 6.04. The zero-order valence-electron chi connectivity index (χ0n) is 21.9. The van der Waals surface area contributed by atoms with Gasteiger partial charge in [0.15, 0.2) is 5.78 Å². The summed E-state index contributed by atoms with van der Waals surface area (Å²) in [6.45, 7) is 10.9. The van der Waals surface area contributed by atoms with Gasteiger partial charge in [0.2, 0.25) is 0 Å². The SMILES string of the molecule is CC(=O)OCC1=C[C@H]2[C@@H]3C(C)(C)[C@]3(OC(C)=O)[C@H](COC(C)=O)[C@@H](C)[C@]2(O)[C@@H]2C=C(C)C(=O)[C@@]2(O)C1. The largest absolute Gasteiger partial charge is 0.465 e. The number of ketones is 1. The van der Waals surface area contributed by atoms with Gasteiger partial charge in [0.1, 0.15) is 17.8 Å². The van der Waals surface area contributed by atoms with E-state index in [9.17, 15) is 29.4 Å². The van der Waals surface area contributed by atoms with Gasteiger partial charge in [-0.25, -0.2) is 0 Å². The summed E-state index contributed by atoms with van der Waals surface area (Å²) >= 11 is 0. The van der Waals surface area contributed by atoms with Crippen molar-refractivity contribution >= 4 is 23.7 Å². The topological polar surface area (TPSA) is 136 Å². The molecular formula is C27H36O9. The van der Waals surface area contributed by atoms with Gasteiger partial charge in [-0.1, -0.05) is 32.9 Å². The molecule has 2 saturated carbocycles. The minimum Gasteiger partial charge on any atom is -0.465 e. The Balaban J connectivity index is 1.93. The van der Waals surface area contributed by atoms with Crippen molar-refractivity contribution < 1.29 is 43.6 Å². The van der Waals surface area contributed by atoms with Crippen LogP contribution in [0.5, 0.6) is 0 Å². The van der Waals surface area contributed by atoms with Crippen LogP contribution in [-0.2, 0) is 33.4 Å². The Hall–Kier alpha value is -2.52. The van der Waals surface area contributed by atoms with E-state index < -0.39 is 75.5 Å². The molecule has 9 heteroatoms. The van der Waals surface area contributed by atoms with Crippen molar-refractivity contribution in [3.8, 4) is 0 Å². The summed E-state index contributed by atoms with van der Waals surface area (Å²) in [5.41, 5.74) is -4.39. The minimum atomic E-state index is -1.93. The number of aliphatic hydroxyl groups is 2. The summed E-state index contributed by atoms with van der Waals surface area (Å²) in [6, 6.07) is 0. The third kappa shape index (κ3) is 3.42. The maximum absolute atomic E-state index is 13.2. The van der Waals surface area contributed by atoms with Crippen LogP contribution in [0.1, 0.15) is 54.9 Å². The van der Waals surface area contributed by atoms with Crippen LogP contribution >= 0.6 is 0 Å². The van der Waals surface area contributed by atoms with Crippen molar-refractivity contribution in [2.24, 2.45) is 35.0 Å². The van der Waals surface area contributed by atoms with Crippen LogP contribution in [0.4, 0.5) is 0 Å². The van der Waals surface area contributed by atoms with E-state index in [2.05, 4.69) is 0 Å². The third-order valence-electron chi connectivity index (χ3n) is 9.27. The van der Waals surface area contributed by atoms with Crippen LogP contribution in [0.15, 0.2) is 23.3 Å². The van der Waals surface area contributed by atoms with E-state index in [1.165, 1.54) is 20.8 Å². The first-order valence-electron chi connectivity index (χ1n) is 12.4. The normalized spacial score (nSPS) is 42.0. The molecule has 0 heterocycles. The van der Waals surface area contributed by atoms with Gasteiger partial charge in [-0.2, -0.15) is 0 Å². The number of hydrogen-bond acceptors (Lipinski definition) is 9. The van der Waals surface area contributed by atoms with Crippen LogP contribution < -0.4 is 0 Å². The molecule has 8 atom stereocenters. The number of ether oxygens (including phenoxy) is 3. The van der Waals surface area contributed by atoms with E-state index in [0.717, 1.165) is 0 Å². The molecular weight excluding hydrogens is 468 g/mol. The molecule has 4 aliphatic rings. The van der Waals surface area contributed by atoms with Gasteiger partial charge in [0.05, 0.1) is 12.2 Å². The molecule has 0 unspecified atom stereocenters. The summed E-state index contributed by atoms with van der Waals surface area (Å²) < 4.78 is 16.7. The Morgan fingerprint density at radius 2 is 1.64 bits per heavy atom. The summed E-state index contributed by atoms with van der Waals surface area (Å²) in [5, 5.41) is 24.4. The summed E-state index contributed by atoms with van der Waals surface area (Å²) in [4.78, 5) is 48.9. The van der Waals surface area contributed by atoms with Crippen molar-refractivity contribution in [3.05, 3.63) is 23.3 Å². The highest BCUT2D eigenvalue weighted by Crippen LogP contribution is 2.78. The number of hydrogen-bond donors (Lipinski definition) is 2. The van der Waals surface area contributed by atoms with Crippen LogP contribution in [0.3, 0.4) is 0 Å². The van der Waals surface area contributed by atoms with Gasteiger partial charge in [-0.3, -0.25) is 19.2 Å². The van der Waals surface area contributed by atoms with Crippen molar-refractivity contribution in [1.82, 2.24) is 0 Å². The van der Waals surface area contributed by atoms with E-state index in [1.54, 1.807) is 26.0 Å². The molecule has 2 fully saturated rings. The number of carbonyl (C=O) groups excluding carboxylic acids is 4. The molecule has 36 heavy (non-hydrogen) atoms. The van der Waals surface area contributed by atoms with Gasteiger partial charge < -0.3 is 24.4 Å². The van der Waals surface area contributed by atoms with Crippen molar-refractivity contribution in [2.45, 2.75) is 71.7 Å². The minimum absolute atomic E-state index is 0.0927. The van der Waals surface area contributed by atoms with Crippen LogP contribution in [0, 0.1) is 35.0 Å². The quantitative estimate of drug-likeness (QED) is 0.327. The monoisotopic (exact) mass is 504 g/mol. The number of esters is 3. The van der Waals surface area contributed by atoms with Gasteiger partial charge in [-0.05, 0) is 24.0 Å². The zero-order chi connectivity index (χ0) is 27.0. The summed E-state index contributed by atoms with van der Waals surface area (Å²) in [5.74, 6) is -5.25. The lowest BCUT2D eigenvalue weighted by Gasteiger charge is -2.53. The van der Waals surface area contributed by atoms with E-state index in [0.29, 0.717) is 11.1 Å². The predicted molar refractivity (Wildman–Crippen MR) is 126 cm³/mol. The number of Topliss-reactive ketones (excluding diaryl/α,β-unsaturated/α-hetero) is 1. The summed E-state index contributed by atoms with van der Waals surface area (Å²) in [6.07, 6.45) is 3.32. The first kappa shape index (κ1) is 26.5. The fourth-order valence-corrected chi connectivity index (χ4v) is 7.79. The Morgan fingerprint density at radius 1 is 1.03 bits per heavy atom. The highest BCUT2D eigenvalue weighted by atomic mass is 16.6. The molecule has 0 bridgehead atoms. The molecule has 0 aromatic rings. The fraction of sp³-hybridized carbons (Fsp3) is 0.704. The Morgan fingerprint density at radius 3 is 2.19 bits per heavy atom. The lowest BCUT2D eigenvalue weighted by Crippen LogP contribution is -2.64. The van der Waals surface area contributed by atoms with Gasteiger partial charge >= 0.3 is 17.9 Å². The molecule has 0 aromatic carbocycles. The molecule has 9 nitrogen and oxygen atoms in total. The van der Waals surface area contributed by atoms with Gasteiger partial charge in [0, 0.05) is 56.3 Å². The zero-order valence-corrected chi connectivity index (χ0v) is 21.9. The average molecular weight is 505 g/mol.